The van der Waals surface area contributed by atoms with E-state index in [2.05, 4.69) is 11.7 Å². The highest BCUT2D eigenvalue weighted by molar-refractivity contribution is 5.30. The molecular weight excluding hydrogens is 394 g/mol. The molecule has 1 nitrogen and oxygen atoms in total. The van der Waals surface area contributed by atoms with Gasteiger partial charge in [0.15, 0.2) is 0 Å². The zero-order valence-electron chi connectivity index (χ0n) is 16.6. The van der Waals surface area contributed by atoms with Gasteiger partial charge in [0, 0.05) is 6.07 Å². The molecule has 29 heavy (non-hydrogen) atoms. The molecule has 0 radical (unpaired) electrons. The number of rotatable bonds is 6. The van der Waals surface area contributed by atoms with Gasteiger partial charge in [-0.2, -0.15) is 22.0 Å². The number of ether oxygens (including phenoxy) is 1. The predicted octanol–water partition coefficient (Wildman–Crippen LogP) is 7.84. The second-order valence-electron chi connectivity index (χ2n) is 8.64. The summed E-state index contributed by atoms with van der Waals surface area (Å²) in [6.07, 6.45) is -0.318. The van der Waals surface area contributed by atoms with Crippen LogP contribution >= 0.6 is 0 Å². The minimum absolute atomic E-state index is 0.315. The fraction of sp³-hybridized carbons (Fsp3) is 0.727. The van der Waals surface area contributed by atoms with E-state index in [-0.39, 0.29) is 0 Å². The number of halogens is 6. The van der Waals surface area contributed by atoms with Gasteiger partial charge in [-0.15, -0.1) is 0 Å². The van der Waals surface area contributed by atoms with Gasteiger partial charge in [-0.1, -0.05) is 26.2 Å². The predicted molar refractivity (Wildman–Crippen MR) is 98.2 cm³/mol. The number of hydrogen-bond donors (Lipinski definition) is 0. The fourth-order valence-corrected chi connectivity index (χ4v) is 5.17. The molecule has 0 heterocycles. The van der Waals surface area contributed by atoms with Crippen LogP contribution in [0.2, 0.25) is 0 Å². The Labute approximate surface area is 167 Å². The number of benzene rings is 1. The summed E-state index contributed by atoms with van der Waals surface area (Å²) in [6.45, 7) is 2.18. The maximum atomic E-state index is 14.6. The van der Waals surface area contributed by atoms with E-state index in [1.165, 1.54) is 32.1 Å². The van der Waals surface area contributed by atoms with Crippen molar-refractivity contribution < 1.29 is 31.1 Å². The highest BCUT2D eigenvalue weighted by Crippen LogP contribution is 2.47. The Morgan fingerprint density at radius 2 is 1.59 bits per heavy atom. The van der Waals surface area contributed by atoms with Crippen LogP contribution in [0.4, 0.5) is 26.3 Å². The van der Waals surface area contributed by atoms with Crippen molar-refractivity contribution in [3.63, 3.8) is 0 Å². The Morgan fingerprint density at radius 1 is 0.931 bits per heavy atom. The SMILES string of the molecule is CCCC1CCC(C2CCC(C(F)(F)Oc3ccc(C(F)(F)F)c(F)c3)CC2)C1. The van der Waals surface area contributed by atoms with Gasteiger partial charge < -0.3 is 4.74 Å². The summed E-state index contributed by atoms with van der Waals surface area (Å²) in [5, 5.41) is 0. The lowest BCUT2D eigenvalue weighted by Gasteiger charge is -2.35. The molecule has 7 heteroatoms. The van der Waals surface area contributed by atoms with E-state index < -0.39 is 35.3 Å². The molecule has 1 aromatic carbocycles. The standard InChI is InChI=1S/C22H28F6O/c1-2-3-14-4-5-16(12-14)15-6-8-17(9-7-15)22(27,28)29-18-10-11-19(20(23)13-18)21(24,25)26/h10-11,13-17H,2-9,12H2,1H3. The Bertz CT molecular complexity index is 678. The molecule has 2 aliphatic carbocycles. The molecule has 0 saturated heterocycles. The molecule has 164 valence electrons. The lowest BCUT2D eigenvalue weighted by Crippen LogP contribution is -2.38. The van der Waals surface area contributed by atoms with E-state index in [0.29, 0.717) is 49.7 Å². The Balaban J connectivity index is 1.55. The van der Waals surface area contributed by atoms with Crippen LogP contribution in [0.25, 0.3) is 0 Å². The Hall–Kier alpha value is -1.40. The Morgan fingerprint density at radius 3 is 2.17 bits per heavy atom. The molecule has 2 atom stereocenters. The molecule has 0 amide bonds. The van der Waals surface area contributed by atoms with Crippen molar-refractivity contribution in [2.45, 2.75) is 77.0 Å². The molecule has 3 rings (SSSR count). The van der Waals surface area contributed by atoms with Crippen molar-refractivity contribution in [1.29, 1.82) is 0 Å². The second-order valence-corrected chi connectivity index (χ2v) is 8.64. The van der Waals surface area contributed by atoms with Gasteiger partial charge in [0.05, 0.1) is 11.5 Å². The first-order valence-electron chi connectivity index (χ1n) is 10.5. The zero-order valence-corrected chi connectivity index (χ0v) is 16.6. The third kappa shape index (κ3) is 5.40. The minimum atomic E-state index is -4.88. The third-order valence-electron chi connectivity index (χ3n) is 6.69. The summed E-state index contributed by atoms with van der Waals surface area (Å²) < 4.78 is 85.2. The molecule has 0 aliphatic heterocycles. The molecule has 2 saturated carbocycles. The van der Waals surface area contributed by atoms with Gasteiger partial charge >= 0.3 is 12.3 Å². The summed E-state index contributed by atoms with van der Waals surface area (Å²) in [6, 6.07) is 1.57. The Kier molecular flexibility index (Phi) is 6.74. The van der Waals surface area contributed by atoms with Crippen LogP contribution in [0, 0.1) is 29.5 Å². The van der Waals surface area contributed by atoms with E-state index in [0.717, 1.165) is 12.0 Å². The van der Waals surface area contributed by atoms with Crippen molar-refractivity contribution in [3.05, 3.63) is 29.6 Å². The normalized spacial score (nSPS) is 28.5. The first kappa shape index (κ1) is 22.3. The van der Waals surface area contributed by atoms with Crippen molar-refractivity contribution in [2.24, 2.45) is 23.7 Å². The maximum absolute atomic E-state index is 14.6. The topological polar surface area (TPSA) is 9.23 Å². The van der Waals surface area contributed by atoms with E-state index in [1.807, 2.05) is 0 Å². The van der Waals surface area contributed by atoms with Gasteiger partial charge in [-0.05, 0) is 68.4 Å². The molecule has 0 N–H and O–H groups in total. The highest BCUT2D eigenvalue weighted by atomic mass is 19.4. The van der Waals surface area contributed by atoms with Crippen LogP contribution in [-0.4, -0.2) is 6.11 Å². The quantitative estimate of drug-likeness (QED) is 0.424. The summed E-state index contributed by atoms with van der Waals surface area (Å²) >= 11 is 0. The van der Waals surface area contributed by atoms with Gasteiger partial charge in [0.2, 0.25) is 0 Å². The first-order chi connectivity index (χ1) is 13.6. The van der Waals surface area contributed by atoms with Gasteiger partial charge in [0.1, 0.15) is 11.6 Å². The van der Waals surface area contributed by atoms with Crippen molar-refractivity contribution in [3.8, 4) is 5.75 Å². The molecule has 0 spiro atoms. The average Bonchev–Trinajstić information content (AvgIpc) is 3.09. The van der Waals surface area contributed by atoms with Crippen molar-refractivity contribution >= 4 is 0 Å². The van der Waals surface area contributed by atoms with Crippen molar-refractivity contribution in [2.75, 3.05) is 0 Å². The van der Waals surface area contributed by atoms with E-state index in [4.69, 9.17) is 0 Å². The highest BCUT2D eigenvalue weighted by Gasteiger charge is 2.45. The molecule has 0 aromatic heterocycles. The second kappa shape index (κ2) is 8.76. The lowest BCUT2D eigenvalue weighted by molar-refractivity contribution is -0.224. The molecule has 2 unspecified atom stereocenters. The molecule has 0 bridgehead atoms. The third-order valence-corrected chi connectivity index (χ3v) is 6.69. The van der Waals surface area contributed by atoms with Crippen LogP contribution in [0.5, 0.6) is 5.75 Å². The maximum Gasteiger partial charge on any atom is 0.419 e. The van der Waals surface area contributed by atoms with Crippen LogP contribution in [0.1, 0.15) is 70.3 Å². The summed E-state index contributed by atoms with van der Waals surface area (Å²) in [5.74, 6) is -1.35. The smallest absolute Gasteiger partial charge is 0.419 e. The number of hydrogen-bond acceptors (Lipinski definition) is 1. The molecular formula is C22H28F6O. The van der Waals surface area contributed by atoms with Crippen LogP contribution in [0.15, 0.2) is 18.2 Å². The van der Waals surface area contributed by atoms with Crippen LogP contribution in [-0.2, 0) is 6.18 Å². The average molecular weight is 422 g/mol. The largest absolute Gasteiger partial charge is 0.432 e. The molecule has 2 aliphatic rings. The first-order valence-corrected chi connectivity index (χ1v) is 10.5. The number of alkyl halides is 5. The van der Waals surface area contributed by atoms with E-state index in [1.54, 1.807) is 0 Å². The van der Waals surface area contributed by atoms with Crippen molar-refractivity contribution in [1.82, 2.24) is 0 Å². The summed E-state index contributed by atoms with van der Waals surface area (Å²) in [5.41, 5.74) is -1.49. The summed E-state index contributed by atoms with van der Waals surface area (Å²) in [4.78, 5) is 0. The van der Waals surface area contributed by atoms with E-state index >= 15 is 0 Å². The van der Waals surface area contributed by atoms with Gasteiger partial charge in [-0.3, -0.25) is 0 Å². The van der Waals surface area contributed by atoms with Crippen LogP contribution in [0.3, 0.4) is 0 Å². The minimum Gasteiger partial charge on any atom is -0.432 e. The fourth-order valence-electron chi connectivity index (χ4n) is 5.17. The van der Waals surface area contributed by atoms with Gasteiger partial charge in [0.25, 0.3) is 0 Å². The zero-order chi connectivity index (χ0) is 21.2. The lowest BCUT2D eigenvalue weighted by atomic mass is 9.74. The van der Waals surface area contributed by atoms with Gasteiger partial charge in [-0.25, -0.2) is 4.39 Å². The van der Waals surface area contributed by atoms with E-state index in [9.17, 15) is 26.3 Å². The molecule has 1 aromatic rings. The monoisotopic (exact) mass is 422 g/mol. The summed E-state index contributed by atoms with van der Waals surface area (Å²) in [7, 11) is 0. The molecule has 2 fully saturated rings. The van der Waals surface area contributed by atoms with Crippen LogP contribution < -0.4 is 4.74 Å².